The summed E-state index contributed by atoms with van der Waals surface area (Å²) in [6.45, 7) is 4.38. The number of aryl methyl sites for hydroxylation is 2. The molecule has 1 saturated carbocycles. The topological polar surface area (TPSA) is 66.4 Å². The molecule has 4 nitrogen and oxygen atoms in total. The molecule has 0 radical (unpaired) electrons. The van der Waals surface area contributed by atoms with E-state index in [2.05, 4.69) is 5.32 Å². The Hall–Kier alpha value is -1.36. The van der Waals surface area contributed by atoms with E-state index >= 15 is 0 Å². The van der Waals surface area contributed by atoms with Crippen LogP contribution in [0.15, 0.2) is 6.07 Å². The first kappa shape index (κ1) is 15.0. The molecule has 1 fully saturated rings. The maximum Gasteiger partial charge on any atom is 0.306 e. The van der Waals surface area contributed by atoms with E-state index in [0.717, 1.165) is 41.0 Å². The molecular formula is C15H21NO3S. The summed E-state index contributed by atoms with van der Waals surface area (Å²) < 4.78 is 0. The molecule has 0 spiro atoms. The Bertz CT molecular complexity index is 509. The molecule has 1 heterocycles. The van der Waals surface area contributed by atoms with E-state index in [1.807, 2.05) is 19.9 Å². The van der Waals surface area contributed by atoms with Gasteiger partial charge in [-0.05, 0) is 38.7 Å². The number of carboxylic acid groups (broad SMARTS) is 1. The lowest BCUT2D eigenvalue weighted by molar-refractivity contribution is -0.144. The van der Waals surface area contributed by atoms with Gasteiger partial charge < -0.3 is 10.4 Å². The molecule has 20 heavy (non-hydrogen) atoms. The first-order valence-corrected chi connectivity index (χ1v) is 7.88. The smallest absolute Gasteiger partial charge is 0.306 e. The normalized spacial score (nSPS) is 22.5. The third-order valence-electron chi connectivity index (χ3n) is 4.04. The fourth-order valence-corrected chi connectivity index (χ4v) is 3.87. The van der Waals surface area contributed by atoms with Gasteiger partial charge in [-0.2, -0.15) is 0 Å². The van der Waals surface area contributed by atoms with Crippen molar-refractivity contribution in [1.82, 2.24) is 5.32 Å². The van der Waals surface area contributed by atoms with Gasteiger partial charge in [-0.1, -0.05) is 12.8 Å². The summed E-state index contributed by atoms with van der Waals surface area (Å²) in [5.41, 5.74) is 0.718. The van der Waals surface area contributed by atoms with E-state index in [9.17, 15) is 14.7 Å². The molecule has 2 N–H and O–H groups in total. The van der Waals surface area contributed by atoms with Gasteiger partial charge in [0, 0.05) is 16.3 Å². The number of rotatable bonds is 4. The van der Waals surface area contributed by atoms with Crippen LogP contribution in [0.4, 0.5) is 0 Å². The third-order valence-corrected chi connectivity index (χ3v) is 5.00. The Kier molecular flexibility index (Phi) is 4.81. The highest BCUT2D eigenvalue weighted by atomic mass is 32.1. The van der Waals surface area contributed by atoms with Crippen LogP contribution in [0.25, 0.3) is 0 Å². The molecule has 2 unspecified atom stereocenters. The predicted octanol–water partition coefficient (Wildman–Crippen LogP) is 2.99. The minimum absolute atomic E-state index is 0.0604. The summed E-state index contributed by atoms with van der Waals surface area (Å²) >= 11 is 1.61. The van der Waals surface area contributed by atoms with Gasteiger partial charge in [0.25, 0.3) is 5.91 Å². The van der Waals surface area contributed by atoms with Crippen LogP contribution >= 0.6 is 11.3 Å². The Morgan fingerprint density at radius 3 is 2.65 bits per heavy atom. The molecule has 0 bridgehead atoms. The number of carbonyl (C=O) groups is 2. The van der Waals surface area contributed by atoms with Crippen molar-refractivity contribution in [3.63, 3.8) is 0 Å². The van der Waals surface area contributed by atoms with Crippen LogP contribution in [0, 0.1) is 25.7 Å². The van der Waals surface area contributed by atoms with E-state index in [0.29, 0.717) is 6.54 Å². The van der Waals surface area contributed by atoms with E-state index in [1.165, 1.54) is 0 Å². The van der Waals surface area contributed by atoms with E-state index in [4.69, 9.17) is 0 Å². The Morgan fingerprint density at radius 2 is 2.05 bits per heavy atom. The molecule has 0 aliphatic heterocycles. The Labute approximate surface area is 123 Å². The highest BCUT2D eigenvalue weighted by Gasteiger charge is 2.31. The summed E-state index contributed by atoms with van der Waals surface area (Å²) in [7, 11) is 0. The number of hydrogen-bond donors (Lipinski definition) is 2. The average Bonchev–Trinajstić information content (AvgIpc) is 2.75. The second-order valence-electron chi connectivity index (χ2n) is 5.53. The highest BCUT2D eigenvalue weighted by Crippen LogP contribution is 2.30. The number of thiophene rings is 1. The molecule has 110 valence electrons. The van der Waals surface area contributed by atoms with Crippen molar-refractivity contribution in [3.05, 3.63) is 21.4 Å². The van der Waals surface area contributed by atoms with Crippen molar-refractivity contribution in [3.8, 4) is 0 Å². The number of carboxylic acids is 1. The molecule has 5 heteroatoms. The maximum absolute atomic E-state index is 12.1. The van der Waals surface area contributed by atoms with Crippen molar-refractivity contribution in [1.29, 1.82) is 0 Å². The number of hydrogen-bond acceptors (Lipinski definition) is 3. The van der Waals surface area contributed by atoms with Crippen LogP contribution in [0.5, 0.6) is 0 Å². The number of nitrogens with one attached hydrogen (secondary N) is 1. The van der Waals surface area contributed by atoms with Crippen LogP contribution in [0.3, 0.4) is 0 Å². The average molecular weight is 295 g/mol. The molecule has 1 amide bonds. The van der Waals surface area contributed by atoms with Crippen LogP contribution in [-0.4, -0.2) is 23.5 Å². The molecule has 1 aliphatic carbocycles. The van der Waals surface area contributed by atoms with Gasteiger partial charge in [0.1, 0.15) is 0 Å². The molecule has 1 aromatic heterocycles. The lowest BCUT2D eigenvalue weighted by atomic mass is 9.79. The molecule has 1 aliphatic rings. The fourth-order valence-electron chi connectivity index (χ4n) is 2.95. The molecule has 2 rings (SSSR count). The standard InChI is InChI=1S/C15H21NO3S/c1-9-7-13(10(2)20-9)14(17)16-8-11-5-3-4-6-12(11)15(18)19/h7,11-12H,3-6,8H2,1-2H3,(H,16,17)(H,18,19). The van der Waals surface area contributed by atoms with Crippen molar-refractivity contribution < 1.29 is 14.7 Å². The Morgan fingerprint density at radius 1 is 1.35 bits per heavy atom. The zero-order chi connectivity index (χ0) is 14.7. The minimum Gasteiger partial charge on any atom is -0.481 e. The van der Waals surface area contributed by atoms with Crippen LogP contribution in [0.1, 0.15) is 45.8 Å². The number of amides is 1. The van der Waals surface area contributed by atoms with E-state index in [-0.39, 0.29) is 17.7 Å². The van der Waals surface area contributed by atoms with Crippen molar-refractivity contribution in [2.45, 2.75) is 39.5 Å². The lowest BCUT2D eigenvalue weighted by Crippen LogP contribution is -2.37. The van der Waals surface area contributed by atoms with Gasteiger partial charge >= 0.3 is 5.97 Å². The van der Waals surface area contributed by atoms with Gasteiger partial charge in [-0.3, -0.25) is 9.59 Å². The summed E-state index contributed by atoms with van der Waals surface area (Å²) in [4.78, 5) is 25.5. The summed E-state index contributed by atoms with van der Waals surface area (Å²) in [5.74, 6) is -1.06. The van der Waals surface area contributed by atoms with Crippen LogP contribution in [-0.2, 0) is 4.79 Å². The molecule has 1 aromatic rings. The minimum atomic E-state index is -0.730. The van der Waals surface area contributed by atoms with E-state index < -0.39 is 5.97 Å². The fraction of sp³-hybridized carbons (Fsp3) is 0.600. The predicted molar refractivity (Wildman–Crippen MR) is 79.2 cm³/mol. The molecule has 0 saturated heterocycles. The van der Waals surface area contributed by atoms with Gasteiger partial charge in [-0.15, -0.1) is 11.3 Å². The van der Waals surface area contributed by atoms with Crippen molar-refractivity contribution in [2.24, 2.45) is 11.8 Å². The quantitative estimate of drug-likeness (QED) is 0.897. The first-order chi connectivity index (χ1) is 9.49. The zero-order valence-electron chi connectivity index (χ0n) is 11.9. The van der Waals surface area contributed by atoms with Crippen molar-refractivity contribution >= 4 is 23.2 Å². The molecule has 2 atom stereocenters. The van der Waals surface area contributed by atoms with Crippen molar-refractivity contribution in [2.75, 3.05) is 6.54 Å². The SMILES string of the molecule is Cc1cc(C(=O)NCC2CCCCC2C(=O)O)c(C)s1. The van der Waals surface area contributed by atoms with Gasteiger partial charge in [0.2, 0.25) is 0 Å². The summed E-state index contributed by atoms with van der Waals surface area (Å²) in [6, 6.07) is 1.89. The van der Waals surface area contributed by atoms with E-state index in [1.54, 1.807) is 11.3 Å². The molecular weight excluding hydrogens is 274 g/mol. The highest BCUT2D eigenvalue weighted by molar-refractivity contribution is 7.12. The first-order valence-electron chi connectivity index (χ1n) is 7.07. The summed E-state index contributed by atoms with van der Waals surface area (Å²) in [6.07, 6.45) is 3.65. The monoisotopic (exact) mass is 295 g/mol. The zero-order valence-corrected chi connectivity index (χ0v) is 12.8. The maximum atomic E-state index is 12.1. The van der Waals surface area contributed by atoms with Crippen LogP contribution in [0.2, 0.25) is 0 Å². The number of aliphatic carboxylic acids is 1. The lowest BCUT2D eigenvalue weighted by Gasteiger charge is -2.28. The van der Waals surface area contributed by atoms with Crippen LogP contribution < -0.4 is 5.32 Å². The summed E-state index contributed by atoms with van der Waals surface area (Å²) in [5, 5.41) is 12.1. The second-order valence-corrected chi connectivity index (χ2v) is 6.99. The third kappa shape index (κ3) is 3.39. The second kappa shape index (κ2) is 6.39. The van der Waals surface area contributed by atoms with Gasteiger partial charge in [-0.25, -0.2) is 0 Å². The van der Waals surface area contributed by atoms with Gasteiger partial charge in [0.15, 0.2) is 0 Å². The number of carbonyl (C=O) groups excluding carboxylic acids is 1. The largest absolute Gasteiger partial charge is 0.481 e. The van der Waals surface area contributed by atoms with Gasteiger partial charge in [0.05, 0.1) is 11.5 Å². The Balaban J connectivity index is 1.95. The molecule has 0 aromatic carbocycles.